The molecule has 222 valence electrons. The standard InChI is InChI=1S/C31H34FN3O6S/c1-42(40,41)26(32)16-20(15-18-13-14-33-28(18)36)34-29(37)27-21-10-6-7-19(21)17-35(27)30(38)31(39)24-11-4-2-8-22(24)23-9-3-5-12-25(23)31/h2-5,8-9,11-12,16,18-21,27,39H,6-7,10,13-15,17H2,1H3,(H,33,36)(H,34,37)/b26-16+/t18-,19-,20+,21-,27+/m1/s1. The Balaban J connectivity index is 1.34. The second-order valence-corrected chi connectivity index (χ2v) is 13.9. The first-order valence-electron chi connectivity index (χ1n) is 14.4. The highest BCUT2D eigenvalue weighted by Crippen LogP contribution is 2.50. The summed E-state index contributed by atoms with van der Waals surface area (Å²) in [4.78, 5) is 42.2. The van der Waals surface area contributed by atoms with Gasteiger partial charge in [-0.1, -0.05) is 55.0 Å². The number of hydrogen-bond acceptors (Lipinski definition) is 6. The largest absolute Gasteiger partial charge is 0.372 e. The van der Waals surface area contributed by atoms with E-state index in [1.54, 1.807) is 24.3 Å². The Hall–Kier alpha value is -3.57. The maximum atomic E-state index is 14.6. The van der Waals surface area contributed by atoms with Crippen LogP contribution in [0.4, 0.5) is 4.39 Å². The first kappa shape index (κ1) is 28.5. The number of amides is 3. The first-order chi connectivity index (χ1) is 20.0. The third-order valence-electron chi connectivity index (χ3n) is 9.37. The van der Waals surface area contributed by atoms with E-state index in [4.69, 9.17) is 0 Å². The first-order valence-corrected chi connectivity index (χ1v) is 16.3. The molecule has 0 unspecified atom stereocenters. The summed E-state index contributed by atoms with van der Waals surface area (Å²) in [5.74, 6) is -2.02. The van der Waals surface area contributed by atoms with Gasteiger partial charge in [0, 0.05) is 36.4 Å². The highest BCUT2D eigenvalue weighted by atomic mass is 32.2. The van der Waals surface area contributed by atoms with Gasteiger partial charge in [0.05, 0.1) is 6.04 Å². The molecule has 42 heavy (non-hydrogen) atoms. The number of fused-ring (bicyclic) bond motifs is 4. The van der Waals surface area contributed by atoms with Crippen LogP contribution in [0.2, 0.25) is 0 Å². The van der Waals surface area contributed by atoms with Crippen molar-refractivity contribution in [3.8, 4) is 11.1 Å². The summed E-state index contributed by atoms with van der Waals surface area (Å²) in [6.07, 6.45) is 4.50. The van der Waals surface area contributed by atoms with Crippen molar-refractivity contribution in [2.45, 2.75) is 49.8 Å². The number of carbonyl (C=O) groups is 3. The van der Waals surface area contributed by atoms with Gasteiger partial charge in [-0.25, -0.2) is 8.42 Å². The molecule has 4 aliphatic rings. The fourth-order valence-electron chi connectivity index (χ4n) is 7.40. The summed E-state index contributed by atoms with van der Waals surface area (Å²) in [5, 5.41) is 16.3. The van der Waals surface area contributed by atoms with E-state index in [0.717, 1.165) is 36.3 Å². The normalized spacial score (nSPS) is 26.8. The average molecular weight is 596 g/mol. The minimum Gasteiger partial charge on any atom is -0.372 e. The third kappa shape index (κ3) is 4.72. The molecule has 6 rings (SSSR count). The SMILES string of the molecule is CS(=O)(=O)/C(F)=C/[C@H](C[C@H]1CCNC1=O)NC(=O)[C@@H]1[C@@H]2CCC[C@@H]2CN1C(=O)C1(O)c2ccccc2-c2ccccc21. The Morgan fingerprint density at radius 3 is 2.36 bits per heavy atom. The van der Waals surface area contributed by atoms with Crippen molar-refractivity contribution < 1.29 is 32.3 Å². The number of nitrogens with one attached hydrogen (secondary N) is 2. The molecule has 2 heterocycles. The molecule has 5 atom stereocenters. The molecule has 3 fully saturated rings. The number of nitrogens with zero attached hydrogens (tertiary/aromatic N) is 1. The van der Waals surface area contributed by atoms with Crippen molar-refractivity contribution in [1.29, 1.82) is 0 Å². The Bertz CT molecular complexity index is 1540. The van der Waals surface area contributed by atoms with Crippen molar-refractivity contribution in [3.63, 3.8) is 0 Å². The van der Waals surface area contributed by atoms with E-state index >= 15 is 0 Å². The highest BCUT2D eigenvalue weighted by Gasteiger charge is 2.56. The van der Waals surface area contributed by atoms with Crippen LogP contribution >= 0.6 is 0 Å². The molecule has 0 spiro atoms. The third-order valence-corrected chi connectivity index (χ3v) is 10.2. The van der Waals surface area contributed by atoms with Crippen molar-refractivity contribution in [2.75, 3.05) is 19.3 Å². The molecule has 1 saturated carbocycles. The van der Waals surface area contributed by atoms with Crippen molar-refractivity contribution in [2.24, 2.45) is 17.8 Å². The fourth-order valence-corrected chi connectivity index (χ4v) is 7.81. The van der Waals surface area contributed by atoms with Crippen LogP contribution in [-0.4, -0.2) is 67.6 Å². The molecule has 11 heteroatoms. The van der Waals surface area contributed by atoms with Gasteiger partial charge in [-0.15, -0.1) is 0 Å². The predicted octanol–water partition coefficient (Wildman–Crippen LogP) is 2.40. The molecule has 0 aromatic heterocycles. The lowest BCUT2D eigenvalue weighted by Crippen LogP contribution is -2.55. The van der Waals surface area contributed by atoms with Crippen LogP contribution in [0.5, 0.6) is 0 Å². The average Bonchev–Trinajstić information content (AvgIpc) is 3.72. The summed E-state index contributed by atoms with van der Waals surface area (Å²) >= 11 is 0. The molecule has 2 aromatic rings. The minimum atomic E-state index is -4.17. The monoisotopic (exact) mass is 595 g/mol. The zero-order valence-corrected chi connectivity index (χ0v) is 24.1. The van der Waals surface area contributed by atoms with Crippen LogP contribution < -0.4 is 10.6 Å². The number of hydrogen-bond donors (Lipinski definition) is 3. The van der Waals surface area contributed by atoms with Gasteiger partial charge in [-0.3, -0.25) is 14.4 Å². The number of benzene rings is 2. The number of halogens is 1. The van der Waals surface area contributed by atoms with Crippen molar-refractivity contribution in [1.82, 2.24) is 15.5 Å². The molecular formula is C31H34FN3O6S. The van der Waals surface area contributed by atoms with Gasteiger partial charge >= 0.3 is 0 Å². The Morgan fingerprint density at radius 1 is 1.12 bits per heavy atom. The molecule has 2 aromatic carbocycles. The molecule has 0 radical (unpaired) electrons. The molecule has 3 N–H and O–H groups in total. The van der Waals surface area contributed by atoms with E-state index in [-0.39, 0.29) is 30.7 Å². The second-order valence-electron chi connectivity index (χ2n) is 11.9. The zero-order chi connectivity index (χ0) is 29.8. The number of aliphatic hydroxyl groups is 1. The maximum absolute atomic E-state index is 14.6. The van der Waals surface area contributed by atoms with E-state index in [9.17, 15) is 32.3 Å². The Labute approximate surface area is 244 Å². The molecule has 3 amide bonds. The van der Waals surface area contributed by atoms with Crippen LogP contribution in [0.15, 0.2) is 59.8 Å². The van der Waals surface area contributed by atoms with Crippen LogP contribution in [0, 0.1) is 17.8 Å². The van der Waals surface area contributed by atoms with Gasteiger partial charge in [0.2, 0.25) is 26.8 Å². The lowest BCUT2D eigenvalue weighted by atomic mass is 9.88. The molecule has 0 bridgehead atoms. The van der Waals surface area contributed by atoms with E-state index in [0.29, 0.717) is 30.5 Å². The summed E-state index contributed by atoms with van der Waals surface area (Å²) in [5.41, 5.74) is 0.418. The van der Waals surface area contributed by atoms with Gasteiger partial charge in [-0.05, 0) is 54.7 Å². The maximum Gasteiger partial charge on any atom is 0.264 e. The topological polar surface area (TPSA) is 133 Å². The second kappa shape index (κ2) is 10.6. The lowest BCUT2D eigenvalue weighted by molar-refractivity contribution is -0.152. The van der Waals surface area contributed by atoms with Crippen molar-refractivity contribution >= 4 is 27.6 Å². The van der Waals surface area contributed by atoms with Crippen LogP contribution in [-0.2, 0) is 29.8 Å². The lowest BCUT2D eigenvalue weighted by Gasteiger charge is -2.34. The molecule has 2 aliphatic heterocycles. The number of likely N-dealkylation sites (tertiary alicyclic amines) is 1. The summed E-state index contributed by atoms with van der Waals surface area (Å²) in [6, 6.07) is 12.3. The van der Waals surface area contributed by atoms with Gasteiger partial charge in [0.1, 0.15) is 6.04 Å². The van der Waals surface area contributed by atoms with Crippen LogP contribution in [0.25, 0.3) is 11.1 Å². The molecule has 9 nitrogen and oxygen atoms in total. The predicted molar refractivity (Wildman–Crippen MR) is 153 cm³/mol. The van der Waals surface area contributed by atoms with Crippen LogP contribution in [0.3, 0.4) is 0 Å². The minimum absolute atomic E-state index is 0.0139. The molecule has 2 saturated heterocycles. The zero-order valence-electron chi connectivity index (χ0n) is 23.3. The van der Waals surface area contributed by atoms with Crippen LogP contribution in [0.1, 0.15) is 43.2 Å². The van der Waals surface area contributed by atoms with E-state index in [2.05, 4.69) is 10.6 Å². The summed E-state index contributed by atoms with van der Waals surface area (Å²) < 4.78 is 38.4. The highest BCUT2D eigenvalue weighted by molar-refractivity contribution is 7.94. The fraction of sp³-hybridized carbons (Fsp3) is 0.452. The summed E-state index contributed by atoms with van der Waals surface area (Å²) in [6.45, 7) is 0.732. The van der Waals surface area contributed by atoms with E-state index in [1.807, 2.05) is 24.3 Å². The van der Waals surface area contributed by atoms with Gasteiger partial charge in [-0.2, -0.15) is 4.39 Å². The Kier molecular flexibility index (Phi) is 7.21. The van der Waals surface area contributed by atoms with E-state index in [1.165, 1.54) is 4.90 Å². The smallest absolute Gasteiger partial charge is 0.264 e. The number of carbonyl (C=O) groups excluding carboxylic acids is 3. The van der Waals surface area contributed by atoms with Gasteiger partial charge in [0.25, 0.3) is 5.91 Å². The number of sulfone groups is 1. The van der Waals surface area contributed by atoms with Crippen molar-refractivity contribution in [3.05, 3.63) is 70.9 Å². The quantitative estimate of drug-likeness (QED) is 0.451. The summed E-state index contributed by atoms with van der Waals surface area (Å²) in [7, 11) is -4.17. The van der Waals surface area contributed by atoms with Gasteiger partial charge in [0.15, 0.2) is 5.60 Å². The Morgan fingerprint density at radius 2 is 1.76 bits per heavy atom. The molecule has 2 aliphatic carbocycles. The molecular weight excluding hydrogens is 561 g/mol. The van der Waals surface area contributed by atoms with Gasteiger partial charge < -0.3 is 20.6 Å². The number of rotatable bonds is 7. The van der Waals surface area contributed by atoms with E-state index < -0.39 is 50.4 Å².